The molecule has 2 saturated heterocycles. The molecular formula is C22H34N2O3S. The highest BCUT2D eigenvalue weighted by atomic mass is 32.1. The second-order valence-electron chi connectivity index (χ2n) is 8.51. The summed E-state index contributed by atoms with van der Waals surface area (Å²) in [4.78, 5) is 17.5. The summed E-state index contributed by atoms with van der Waals surface area (Å²) in [5.74, 6) is 0.766. The molecule has 1 spiro atoms. The van der Waals surface area contributed by atoms with Crippen LogP contribution in [0.5, 0.6) is 0 Å². The number of amides is 1. The smallest absolute Gasteiger partial charge is 0.261 e. The van der Waals surface area contributed by atoms with Crippen molar-refractivity contribution in [3.05, 3.63) is 21.4 Å². The van der Waals surface area contributed by atoms with E-state index in [1.807, 2.05) is 0 Å². The van der Waals surface area contributed by atoms with Gasteiger partial charge in [0.2, 0.25) is 0 Å². The van der Waals surface area contributed by atoms with E-state index in [0.717, 1.165) is 76.4 Å². The topological polar surface area (TPSA) is 50.8 Å². The summed E-state index contributed by atoms with van der Waals surface area (Å²) in [7, 11) is 0. The van der Waals surface area contributed by atoms with Crippen molar-refractivity contribution >= 4 is 17.2 Å². The van der Waals surface area contributed by atoms with Crippen LogP contribution in [0.2, 0.25) is 0 Å². The molecule has 4 heterocycles. The van der Waals surface area contributed by atoms with Gasteiger partial charge in [0, 0.05) is 44.1 Å². The third kappa shape index (κ3) is 4.45. The summed E-state index contributed by atoms with van der Waals surface area (Å²) in [5, 5.41) is 3.13. The number of carbonyl (C=O) groups is 1. The largest absolute Gasteiger partial charge is 0.381 e. The number of nitrogens with one attached hydrogen (secondary N) is 1. The van der Waals surface area contributed by atoms with E-state index in [4.69, 9.17) is 9.47 Å². The van der Waals surface area contributed by atoms with Gasteiger partial charge < -0.3 is 19.7 Å². The molecule has 1 aromatic heterocycles. The Morgan fingerprint density at radius 3 is 2.96 bits per heavy atom. The molecule has 0 radical (unpaired) electrons. The number of nitrogens with zero attached hydrogens (tertiary/aromatic N) is 1. The molecule has 1 unspecified atom stereocenters. The Morgan fingerprint density at radius 1 is 1.36 bits per heavy atom. The number of fused-ring (bicyclic) bond motifs is 2. The Kier molecular flexibility index (Phi) is 6.71. The predicted octanol–water partition coefficient (Wildman–Crippen LogP) is 3.57. The van der Waals surface area contributed by atoms with Crippen LogP contribution >= 0.6 is 11.3 Å². The number of likely N-dealkylation sites (tertiary alicyclic amines) is 1. The van der Waals surface area contributed by atoms with Gasteiger partial charge in [0.15, 0.2) is 0 Å². The first kappa shape index (κ1) is 20.3. The number of hydrogen-bond donors (Lipinski definition) is 1. The maximum Gasteiger partial charge on any atom is 0.261 e. The average Bonchev–Trinajstić information content (AvgIpc) is 3.38. The van der Waals surface area contributed by atoms with Crippen molar-refractivity contribution in [2.75, 3.05) is 46.0 Å². The summed E-state index contributed by atoms with van der Waals surface area (Å²) < 4.78 is 11.8. The zero-order chi connectivity index (χ0) is 19.4. The number of rotatable bonds is 7. The van der Waals surface area contributed by atoms with E-state index in [0.29, 0.717) is 5.92 Å². The zero-order valence-corrected chi connectivity index (χ0v) is 18.0. The second kappa shape index (κ2) is 9.24. The Morgan fingerprint density at radius 2 is 2.21 bits per heavy atom. The zero-order valence-electron chi connectivity index (χ0n) is 17.1. The van der Waals surface area contributed by atoms with E-state index < -0.39 is 0 Å². The molecule has 1 amide bonds. The fraction of sp³-hybridized carbons (Fsp3) is 0.773. The molecule has 156 valence electrons. The van der Waals surface area contributed by atoms with Crippen molar-refractivity contribution in [1.29, 1.82) is 0 Å². The maximum absolute atomic E-state index is 12.7. The lowest BCUT2D eigenvalue weighted by Crippen LogP contribution is -2.46. The lowest BCUT2D eigenvalue weighted by Gasteiger charge is -2.44. The average molecular weight is 407 g/mol. The molecule has 1 N–H and O–H groups in total. The number of piperidine rings is 1. The van der Waals surface area contributed by atoms with Crippen LogP contribution in [0.15, 0.2) is 6.07 Å². The van der Waals surface area contributed by atoms with Crippen molar-refractivity contribution < 1.29 is 14.3 Å². The second-order valence-corrected chi connectivity index (χ2v) is 9.65. The van der Waals surface area contributed by atoms with Crippen LogP contribution < -0.4 is 5.32 Å². The van der Waals surface area contributed by atoms with Crippen LogP contribution in [-0.2, 0) is 21.5 Å². The van der Waals surface area contributed by atoms with Gasteiger partial charge in [0.1, 0.15) is 0 Å². The summed E-state index contributed by atoms with van der Waals surface area (Å²) in [6.45, 7) is 8.93. The monoisotopic (exact) mass is 406 g/mol. The molecular weight excluding hydrogens is 372 g/mol. The molecule has 2 fully saturated rings. The van der Waals surface area contributed by atoms with Gasteiger partial charge in [-0.25, -0.2) is 0 Å². The van der Waals surface area contributed by atoms with Gasteiger partial charge in [-0.15, -0.1) is 11.3 Å². The lowest BCUT2D eigenvalue weighted by atomic mass is 9.82. The standard InChI is InChI=1S/C22H34N2O3S/c1-2-10-24-11-7-22(8-12-24)18-15-20(28-19(18)6-14-27-22)21(25)23-9-3-4-17-5-13-26-16-17/h15,17H,2-14,16H2,1H3,(H,23,25). The van der Waals surface area contributed by atoms with Gasteiger partial charge in [-0.3, -0.25) is 4.79 Å². The number of hydrogen-bond acceptors (Lipinski definition) is 5. The van der Waals surface area contributed by atoms with E-state index >= 15 is 0 Å². The number of thiophene rings is 1. The van der Waals surface area contributed by atoms with Crippen molar-refractivity contribution in [2.24, 2.45) is 5.92 Å². The molecule has 0 aliphatic carbocycles. The molecule has 1 aromatic rings. The van der Waals surface area contributed by atoms with E-state index in [1.165, 1.54) is 29.8 Å². The molecule has 5 nitrogen and oxygen atoms in total. The van der Waals surface area contributed by atoms with Crippen molar-refractivity contribution in [3.8, 4) is 0 Å². The molecule has 0 aromatic carbocycles. The fourth-order valence-electron chi connectivity index (χ4n) is 4.89. The molecule has 0 saturated carbocycles. The molecule has 1 atom stereocenters. The highest BCUT2D eigenvalue weighted by Gasteiger charge is 2.42. The minimum atomic E-state index is -0.157. The van der Waals surface area contributed by atoms with Crippen LogP contribution in [0.3, 0.4) is 0 Å². The van der Waals surface area contributed by atoms with Crippen molar-refractivity contribution in [3.63, 3.8) is 0 Å². The highest BCUT2D eigenvalue weighted by molar-refractivity contribution is 7.14. The quantitative estimate of drug-likeness (QED) is 0.704. The first-order valence-electron chi connectivity index (χ1n) is 11.1. The maximum atomic E-state index is 12.7. The molecule has 28 heavy (non-hydrogen) atoms. The SMILES string of the molecule is CCCN1CCC2(CC1)OCCc1sc(C(=O)NCCCC3CCOC3)cc12. The van der Waals surface area contributed by atoms with Crippen LogP contribution in [0, 0.1) is 5.92 Å². The van der Waals surface area contributed by atoms with Gasteiger partial charge in [-0.1, -0.05) is 6.92 Å². The fourth-order valence-corrected chi connectivity index (χ4v) is 6.03. The summed E-state index contributed by atoms with van der Waals surface area (Å²) in [6, 6.07) is 2.13. The predicted molar refractivity (Wildman–Crippen MR) is 112 cm³/mol. The third-order valence-corrected chi connectivity index (χ3v) is 7.73. The van der Waals surface area contributed by atoms with Crippen LogP contribution in [-0.4, -0.2) is 56.8 Å². The van der Waals surface area contributed by atoms with Crippen LogP contribution in [0.1, 0.15) is 65.6 Å². The first-order chi connectivity index (χ1) is 13.7. The molecule has 0 bridgehead atoms. The van der Waals surface area contributed by atoms with E-state index in [9.17, 15) is 4.79 Å². The van der Waals surface area contributed by atoms with E-state index in [1.54, 1.807) is 11.3 Å². The van der Waals surface area contributed by atoms with Gasteiger partial charge in [0.25, 0.3) is 5.91 Å². The number of ether oxygens (including phenoxy) is 2. The minimum absolute atomic E-state index is 0.0839. The Bertz CT molecular complexity index is 661. The lowest BCUT2D eigenvalue weighted by molar-refractivity contribution is -0.0969. The van der Waals surface area contributed by atoms with Gasteiger partial charge in [-0.2, -0.15) is 0 Å². The highest BCUT2D eigenvalue weighted by Crippen LogP contribution is 2.44. The first-order valence-corrected chi connectivity index (χ1v) is 11.9. The third-order valence-electron chi connectivity index (χ3n) is 6.53. The summed E-state index contributed by atoms with van der Waals surface area (Å²) in [5.41, 5.74) is 1.14. The van der Waals surface area contributed by atoms with Crippen molar-refractivity contribution in [2.45, 2.75) is 57.5 Å². The summed E-state index contributed by atoms with van der Waals surface area (Å²) in [6.07, 6.45) is 7.58. The van der Waals surface area contributed by atoms with Gasteiger partial charge in [0.05, 0.1) is 17.1 Å². The number of carbonyl (C=O) groups excluding carboxylic acids is 1. The molecule has 3 aliphatic rings. The Hall–Kier alpha value is -0.950. The Balaban J connectivity index is 1.34. The van der Waals surface area contributed by atoms with E-state index in [2.05, 4.69) is 23.2 Å². The van der Waals surface area contributed by atoms with Gasteiger partial charge >= 0.3 is 0 Å². The normalized spacial score (nSPS) is 24.4. The van der Waals surface area contributed by atoms with E-state index in [-0.39, 0.29) is 11.5 Å². The van der Waals surface area contributed by atoms with Crippen molar-refractivity contribution in [1.82, 2.24) is 10.2 Å². The molecule has 3 aliphatic heterocycles. The molecule has 4 rings (SSSR count). The Labute approximate surface area is 172 Å². The summed E-state index contributed by atoms with van der Waals surface area (Å²) >= 11 is 1.68. The van der Waals surface area contributed by atoms with Gasteiger partial charge in [-0.05, 0) is 62.6 Å². The van der Waals surface area contributed by atoms with Crippen LogP contribution in [0.4, 0.5) is 0 Å². The molecule has 6 heteroatoms. The minimum Gasteiger partial charge on any atom is -0.381 e. The van der Waals surface area contributed by atoms with Crippen LogP contribution in [0.25, 0.3) is 0 Å².